The first-order valence-electron chi connectivity index (χ1n) is 3.15. The Morgan fingerprint density at radius 3 is 2.40 bits per heavy atom. The van der Waals surface area contributed by atoms with E-state index in [-0.39, 0.29) is 5.75 Å². The summed E-state index contributed by atoms with van der Waals surface area (Å²) in [4.78, 5) is 0. The second kappa shape index (κ2) is 2.59. The lowest BCUT2D eigenvalue weighted by atomic mass is 10.1. The molecule has 1 nitrogen and oxygen atoms in total. The molecule has 1 unspecified atom stereocenters. The Hall–Kier alpha value is -0.550. The molecule has 1 rings (SSSR count). The summed E-state index contributed by atoms with van der Waals surface area (Å²) in [6.45, 7) is 3.82. The molecule has 0 saturated carbocycles. The maximum Gasteiger partial charge on any atom is -0.0376 e. The van der Waals surface area contributed by atoms with Crippen LogP contribution in [0.25, 0.3) is 0 Å². The van der Waals surface area contributed by atoms with Crippen molar-refractivity contribution >= 4 is 14.5 Å². The van der Waals surface area contributed by atoms with E-state index in [1.807, 2.05) is 26.0 Å². The molecular formula is C8H10OP-. The summed E-state index contributed by atoms with van der Waals surface area (Å²) < 4.78 is 0. The van der Waals surface area contributed by atoms with Gasteiger partial charge in [0.15, 0.2) is 0 Å². The molecule has 10 heavy (non-hydrogen) atoms. The highest BCUT2D eigenvalue weighted by Gasteiger charge is 1.91. The molecule has 0 bridgehead atoms. The summed E-state index contributed by atoms with van der Waals surface area (Å²) in [5.74, 6) is 0.135. The van der Waals surface area contributed by atoms with Gasteiger partial charge in [-0.25, -0.2) is 0 Å². The highest BCUT2D eigenvalue weighted by Crippen LogP contribution is 2.13. The van der Waals surface area contributed by atoms with Crippen LogP contribution in [0.4, 0.5) is 0 Å². The van der Waals surface area contributed by atoms with Gasteiger partial charge in [0.25, 0.3) is 0 Å². The average molecular weight is 153 g/mol. The van der Waals surface area contributed by atoms with Crippen LogP contribution >= 0.6 is 9.24 Å². The summed E-state index contributed by atoms with van der Waals surface area (Å²) >= 11 is 0. The molecule has 0 radical (unpaired) electrons. The van der Waals surface area contributed by atoms with Crippen LogP contribution in [0.3, 0.4) is 0 Å². The standard InChI is InChI=1S/C8H11OP/c1-5-3-6(2)8(9)7(10)4-5/h3-4,9H,10H2,1-2H3/p-1. The molecule has 0 aromatic heterocycles. The van der Waals surface area contributed by atoms with E-state index in [4.69, 9.17) is 0 Å². The third-order valence-corrected chi connectivity index (χ3v) is 1.88. The van der Waals surface area contributed by atoms with Crippen molar-refractivity contribution in [2.75, 3.05) is 0 Å². The lowest BCUT2D eigenvalue weighted by Crippen LogP contribution is -2.06. The zero-order valence-electron chi connectivity index (χ0n) is 6.14. The maximum atomic E-state index is 11.1. The molecule has 1 aromatic carbocycles. The summed E-state index contributed by atoms with van der Waals surface area (Å²) in [6, 6.07) is 3.77. The van der Waals surface area contributed by atoms with Crippen LogP contribution in [0.2, 0.25) is 0 Å². The van der Waals surface area contributed by atoms with Crippen molar-refractivity contribution < 1.29 is 5.11 Å². The topological polar surface area (TPSA) is 23.1 Å². The summed E-state index contributed by atoms with van der Waals surface area (Å²) in [5.41, 5.74) is 1.96. The van der Waals surface area contributed by atoms with Gasteiger partial charge < -0.3 is 5.11 Å². The molecule has 0 N–H and O–H groups in total. The summed E-state index contributed by atoms with van der Waals surface area (Å²) in [6.07, 6.45) is 0. The fraction of sp³-hybridized carbons (Fsp3) is 0.250. The molecule has 0 heterocycles. The SMILES string of the molecule is Cc1cc(C)c([O-])c(P)c1. The van der Waals surface area contributed by atoms with Gasteiger partial charge >= 0.3 is 0 Å². The Morgan fingerprint density at radius 2 is 1.90 bits per heavy atom. The number of hydrogen-bond acceptors (Lipinski definition) is 1. The summed E-state index contributed by atoms with van der Waals surface area (Å²) in [5, 5.41) is 11.9. The van der Waals surface area contributed by atoms with Crippen LogP contribution in [-0.2, 0) is 0 Å². The van der Waals surface area contributed by atoms with Crippen molar-refractivity contribution in [1.82, 2.24) is 0 Å². The molecule has 0 saturated heterocycles. The van der Waals surface area contributed by atoms with Crippen LogP contribution in [0.5, 0.6) is 5.75 Å². The minimum Gasteiger partial charge on any atom is -0.872 e. The lowest BCUT2D eigenvalue weighted by Gasteiger charge is -2.13. The summed E-state index contributed by atoms with van der Waals surface area (Å²) in [7, 11) is 2.44. The maximum absolute atomic E-state index is 11.1. The Balaban J connectivity index is 3.31. The van der Waals surface area contributed by atoms with Gasteiger partial charge in [-0.05, 0) is 19.2 Å². The minimum absolute atomic E-state index is 0.135. The Bertz CT molecular complexity index is 232. The molecule has 0 fully saturated rings. The molecule has 0 aliphatic rings. The van der Waals surface area contributed by atoms with E-state index in [1.54, 1.807) is 0 Å². The normalized spacial score (nSPS) is 9.90. The van der Waals surface area contributed by atoms with Gasteiger partial charge in [-0.2, -0.15) is 0 Å². The Kier molecular flexibility index (Phi) is 1.96. The monoisotopic (exact) mass is 153 g/mol. The first-order valence-corrected chi connectivity index (χ1v) is 3.72. The largest absolute Gasteiger partial charge is 0.872 e. The molecule has 1 atom stereocenters. The molecule has 0 amide bonds. The van der Waals surface area contributed by atoms with Crippen LogP contribution in [-0.4, -0.2) is 0 Å². The first kappa shape index (κ1) is 7.56. The van der Waals surface area contributed by atoms with E-state index in [2.05, 4.69) is 9.24 Å². The van der Waals surface area contributed by atoms with Crippen LogP contribution in [0.1, 0.15) is 11.1 Å². The zero-order valence-corrected chi connectivity index (χ0v) is 7.29. The molecule has 54 valence electrons. The number of rotatable bonds is 0. The number of benzene rings is 1. The Labute approximate surface area is 63.3 Å². The second-order valence-corrected chi connectivity index (χ2v) is 3.12. The van der Waals surface area contributed by atoms with Crippen molar-refractivity contribution in [3.8, 4) is 5.75 Å². The smallest absolute Gasteiger partial charge is 0.0376 e. The van der Waals surface area contributed by atoms with E-state index < -0.39 is 0 Å². The van der Waals surface area contributed by atoms with Crippen molar-refractivity contribution in [1.29, 1.82) is 0 Å². The van der Waals surface area contributed by atoms with Crippen LogP contribution in [0.15, 0.2) is 12.1 Å². The van der Waals surface area contributed by atoms with E-state index in [0.29, 0.717) is 0 Å². The van der Waals surface area contributed by atoms with E-state index in [9.17, 15) is 5.11 Å². The predicted molar refractivity (Wildman–Crippen MR) is 44.7 cm³/mol. The molecule has 0 aliphatic carbocycles. The van der Waals surface area contributed by atoms with Gasteiger partial charge in [0.1, 0.15) is 0 Å². The third kappa shape index (κ3) is 1.30. The van der Waals surface area contributed by atoms with Gasteiger partial charge in [0.05, 0.1) is 0 Å². The quantitative estimate of drug-likeness (QED) is 0.507. The molecular weight excluding hydrogens is 143 g/mol. The van der Waals surface area contributed by atoms with Gasteiger partial charge in [0.2, 0.25) is 0 Å². The van der Waals surface area contributed by atoms with Crippen molar-refractivity contribution in [2.45, 2.75) is 13.8 Å². The van der Waals surface area contributed by atoms with Crippen molar-refractivity contribution in [2.24, 2.45) is 0 Å². The molecule has 0 spiro atoms. The van der Waals surface area contributed by atoms with E-state index in [0.717, 1.165) is 16.4 Å². The predicted octanol–water partition coefficient (Wildman–Crippen LogP) is 0.877. The third-order valence-electron chi connectivity index (χ3n) is 1.45. The van der Waals surface area contributed by atoms with Crippen molar-refractivity contribution in [3.63, 3.8) is 0 Å². The fourth-order valence-electron chi connectivity index (χ4n) is 0.987. The van der Waals surface area contributed by atoms with Crippen LogP contribution < -0.4 is 10.4 Å². The van der Waals surface area contributed by atoms with Gasteiger partial charge in [0, 0.05) is 0 Å². The first-order chi connectivity index (χ1) is 4.61. The Morgan fingerprint density at radius 1 is 1.30 bits per heavy atom. The highest BCUT2D eigenvalue weighted by molar-refractivity contribution is 7.27. The second-order valence-electron chi connectivity index (χ2n) is 2.50. The highest BCUT2D eigenvalue weighted by atomic mass is 31.0. The van der Waals surface area contributed by atoms with Gasteiger partial charge in [-0.1, -0.05) is 29.0 Å². The number of hydrogen-bond donors (Lipinski definition) is 0. The lowest BCUT2D eigenvalue weighted by molar-refractivity contribution is -0.267. The van der Waals surface area contributed by atoms with E-state index >= 15 is 0 Å². The van der Waals surface area contributed by atoms with Gasteiger partial charge in [-0.15, -0.1) is 9.24 Å². The molecule has 1 aromatic rings. The van der Waals surface area contributed by atoms with E-state index in [1.165, 1.54) is 0 Å². The average Bonchev–Trinajstić information content (AvgIpc) is 1.82. The van der Waals surface area contributed by atoms with Gasteiger partial charge in [-0.3, -0.25) is 0 Å². The van der Waals surface area contributed by atoms with Crippen LogP contribution in [0, 0.1) is 13.8 Å². The van der Waals surface area contributed by atoms with Crippen molar-refractivity contribution in [3.05, 3.63) is 23.3 Å². The minimum atomic E-state index is 0.135. The zero-order chi connectivity index (χ0) is 7.72. The fourth-order valence-corrected chi connectivity index (χ4v) is 1.48. The molecule has 2 heteroatoms. The molecule has 0 aliphatic heterocycles. The number of aryl methyl sites for hydroxylation is 2.